The van der Waals surface area contributed by atoms with Crippen molar-refractivity contribution >= 4 is 6.09 Å². The summed E-state index contributed by atoms with van der Waals surface area (Å²) in [5.74, 6) is 0. The van der Waals surface area contributed by atoms with Gasteiger partial charge in [0.05, 0.1) is 78.8 Å². The van der Waals surface area contributed by atoms with Crippen LogP contribution < -0.4 is 5.32 Å². The molecule has 0 aromatic carbocycles. The summed E-state index contributed by atoms with van der Waals surface area (Å²) < 4.78 is 38.4. The molecule has 1 fully saturated rings. The molecule has 1 heterocycles. The van der Waals surface area contributed by atoms with E-state index in [4.69, 9.17) is 33.2 Å². The maximum Gasteiger partial charge on any atom is 0.410 e. The maximum absolute atomic E-state index is 11.8. The van der Waals surface area contributed by atoms with E-state index in [-0.39, 0.29) is 6.09 Å². The molecule has 1 saturated heterocycles. The Labute approximate surface area is 199 Å². The van der Waals surface area contributed by atoms with E-state index < -0.39 is 5.60 Å². The predicted octanol–water partition coefficient (Wildman–Crippen LogP) is 1.70. The van der Waals surface area contributed by atoms with E-state index in [1.165, 1.54) is 4.90 Å². The van der Waals surface area contributed by atoms with Gasteiger partial charge in [0.1, 0.15) is 5.60 Å². The van der Waals surface area contributed by atoms with Gasteiger partial charge in [-0.15, -0.1) is 0 Å². The summed E-state index contributed by atoms with van der Waals surface area (Å²) in [5, 5.41) is 3.32. The number of carbonyl (C=O) groups excluding carboxylic acids is 1. The van der Waals surface area contributed by atoms with Gasteiger partial charge in [0.2, 0.25) is 0 Å². The highest BCUT2D eigenvalue weighted by Crippen LogP contribution is 2.09. The van der Waals surface area contributed by atoms with Crippen LogP contribution in [0.2, 0.25) is 0 Å². The van der Waals surface area contributed by atoms with E-state index in [9.17, 15) is 4.79 Å². The molecule has 10 heteroatoms. The Kier molecular flexibility index (Phi) is 17.6. The smallest absolute Gasteiger partial charge is 0.410 e. The summed E-state index contributed by atoms with van der Waals surface area (Å²) in [6.07, 6.45) is 2.18. The molecular formula is C23H46N2O8. The molecule has 1 rings (SSSR count). The summed E-state index contributed by atoms with van der Waals surface area (Å²) in [6, 6.07) is 0. The van der Waals surface area contributed by atoms with E-state index in [0.717, 1.165) is 25.9 Å². The molecule has 0 atom stereocenters. The summed E-state index contributed by atoms with van der Waals surface area (Å²) in [5.41, 5.74) is -0.496. The summed E-state index contributed by atoms with van der Waals surface area (Å²) >= 11 is 0. The topological polar surface area (TPSA) is 97.0 Å². The van der Waals surface area contributed by atoms with E-state index in [0.29, 0.717) is 85.3 Å². The molecule has 1 aliphatic heterocycles. The van der Waals surface area contributed by atoms with Crippen LogP contribution in [-0.2, 0) is 33.2 Å². The summed E-state index contributed by atoms with van der Waals surface area (Å²) in [4.78, 5) is 13.3. The maximum atomic E-state index is 11.8. The molecule has 0 spiro atoms. The van der Waals surface area contributed by atoms with Crippen molar-refractivity contribution in [1.82, 2.24) is 10.2 Å². The van der Waals surface area contributed by atoms with Gasteiger partial charge in [-0.2, -0.15) is 0 Å². The molecule has 1 N–H and O–H groups in total. The van der Waals surface area contributed by atoms with Crippen LogP contribution in [-0.4, -0.2) is 122 Å². The van der Waals surface area contributed by atoms with Crippen molar-refractivity contribution in [2.75, 3.05) is 99.4 Å². The minimum absolute atomic E-state index is 0.353. The number of ether oxygens (including phenoxy) is 7. The van der Waals surface area contributed by atoms with Gasteiger partial charge in [0, 0.05) is 13.6 Å². The number of nitrogens with one attached hydrogen (secondary N) is 1. The van der Waals surface area contributed by atoms with Crippen LogP contribution in [0.15, 0.2) is 0 Å². The first-order valence-electron chi connectivity index (χ1n) is 12.0. The van der Waals surface area contributed by atoms with Gasteiger partial charge < -0.3 is 43.4 Å². The van der Waals surface area contributed by atoms with Crippen molar-refractivity contribution < 1.29 is 38.0 Å². The van der Waals surface area contributed by atoms with Gasteiger partial charge in [-0.25, -0.2) is 4.79 Å². The molecule has 33 heavy (non-hydrogen) atoms. The molecule has 1 amide bonds. The number of hydrogen-bond donors (Lipinski definition) is 1. The van der Waals surface area contributed by atoms with Crippen molar-refractivity contribution in [3.8, 4) is 0 Å². The normalized spacial score (nSPS) is 15.0. The molecule has 0 radical (unpaired) electrons. The van der Waals surface area contributed by atoms with Crippen LogP contribution in [0, 0.1) is 0 Å². The fourth-order valence-electron chi connectivity index (χ4n) is 2.85. The molecule has 0 unspecified atom stereocenters. The first kappa shape index (κ1) is 30.0. The fourth-order valence-corrected chi connectivity index (χ4v) is 2.85. The Morgan fingerprint density at radius 3 is 1.64 bits per heavy atom. The summed E-state index contributed by atoms with van der Waals surface area (Å²) in [7, 11) is 1.69. The SMILES string of the molecule is CN(CCOCCOCCOCCOCCOCCOC1CCNCC1)C(=O)OC(C)(C)C. The number of likely N-dealkylation sites (N-methyl/N-ethyl adjacent to an activating group) is 1. The minimum atomic E-state index is -0.496. The van der Waals surface area contributed by atoms with Crippen LogP contribution in [0.3, 0.4) is 0 Å². The zero-order valence-corrected chi connectivity index (χ0v) is 21.1. The molecule has 0 saturated carbocycles. The van der Waals surface area contributed by atoms with Crippen molar-refractivity contribution in [2.24, 2.45) is 0 Å². The second kappa shape index (κ2) is 19.3. The quantitative estimate of drug-likeness (QED) is 0.278. The largest absolute Gasteiger partial charge is 0.444 e. The van der Waals surface area contributed by atoms with Crippen molar-refractivity contribution in [2.45, 2.75) is 45.3 Å². The molecule has 10 nitrogen and oxygen atoms in total. The lowest BCUT2D eigenvalue weighted by Crippen LogP contribution is -2.36. The molecule has 0 aromatic heterocycles. The second-order valence-electron chi connectivity index (χ2n) is 8.78. The highest BCUT2D eigenvalue weighted by Gasteiger charge is 2.19. The Bertz CT molecular complexity index is 470. The lowest BCUT2D eigenvalue weighted by atomic mass is 10.1. The van der Waals surface area contributed by atoms with Gasteiger partial charge in [-0.1, -0.05) is 0 Å². The van der Waals surface area contributed by atoms with Gasteiger partial charge in [-0.3, -0.25) is 0 Å². The summed E-state index contributed by atoms with van der Waals surface area (Å²) in [6.45, 7) is 13.9. The lowest BCUT2D eigenvalue weighted by molar-refractivity contribution is -0.0298. The molecule has 0 aliphatic carbocycles. The lowest BCUT2D eigenvalue weighted by Gasteiger charge is -2.24. The zero-order chi connectivity index (χ0) is 24.2. The van der Waals surface area contributed by atoms with Gasteiger partial charge >= 0.3 is 6.09 Å². The van der Waals surface area contributed by atoms with E-state index >= 15 is 0 Å². The first-order chi connectivity index (χ1) is 15.9. The molecule has 196 valence electrons. The minimum Gasteiger partial charge on any atom is -0.444 e. The number of carbonyl (C=O) groups is 1. The van der Waals surface area contributed by atoms with E-state index in [1.807, 2.05) is 20.8 Å². The third-order valence-electron chi connectivity index (χ3n) is 4.63. The number of hydrogen-bond acceptors (Lipinski definition) is 9. The molecule has 1 aliphatic rings. The Balaban J connectivity index is 1.73. The average molecular weight is 479 g/mol. The standard InChI is InChI=1S/C23H46N2O8/c1-23(2,3)33-22(26)25(4)9-10-27-11-12-28-13-14-29-15-16-30-17-18-31-19-20-32-21-5-7-24-8-6-21/h21,24H,5-20H2,1-4H3. The number of amides is 1. The van der Waals surface area contributed by atoms with Crippen molar-refractivity contribution in [1.29, 1.82) is 0 Å². The Morgan fingerprint density at radius 2 is 1.18 bits per heavy atom. The number of nitrogens with zero attached hydrogens (tertiary/aromatic N) is 1. The van der Waals surface area contributed by atoms with Crippen LogP contribution in [0.25, 0.3) is 0 Å². The van der Waals surface area contributed by atoms with Gasteiger partial charge in [0.25, 0.3) is 0 Å². The second-order valence-corrected chi connectivity index (χ2v) is 8.78. The fraction of sp³-hybridized carbons (Fsp3) is 0.957. The number of piperidine rings is 1. The highest BCUT2D eigenvalue weighted by molar-refractivity contribution is 5.67. The first-order valence-corrected chi connectivity index (χ1v) is 12.0. The van der Waals surface area contributed by atoms with E-state index in [1.54, 1.807) is 7.05 Å². The zero-order valence-electron chi connectivity index (χ0n) is 21.1. The predicted molar refractivity (Wildman–Crippen MR) is 125 cm³/mol. The molecule has 0 aromatic rings. The highest BCUT2D eigenvalue weighted by atomic mass is 16.6. The van der Waals surface area contributed by atoms with Crippen LogP contribution in [0.1, 0.15) is 33.6 Å². The number of rotatable bonds is 19. The van der Waals surface area contributed by atoms with Crippen molar-refractivity contribution in [3.63, 3.8) is 0 Å². The molecular weight excluding hydrogens is 432 g/mol. The van der Waals surface area contributed by atoms with Gasteiger partial charge in [0.15, 0.2) is 0 Å². The van der Waals surface area contributed by atoms with Crippen LogP contribution in [0.5, 0.6) is 0 Å². The Hall–Kier alpha value is -1.01. The van der Waals surface area contributed by atoms with Gasteiger partial charge in [-0.05, 0) is 46.7 Å². The third kappa shape index (κ3) is 19.0. The third-order valence-corrected chi connectivity index (χ3v) is 4.63. The monoisotopic (exact) mass is 478 g/mol. The average Bonchev–Trinajstić information content (AvgIpc) is 2.77. The van der Waals surface area contributed by atoms with Crippen LogP contribution >= 0.6 is 0 Å². The molecule has 0 bridgehead atoms. The van der Waals surface area contributed by atoms with Crippen molar-refractivity contribution in [3.05, 3.63) is 0 Å². The Morgan fingerprint density at radius 1 is 0.758 bits per heavy atom. The van der Waals surface area contributed by atoms with Crippen LogP contribution in [0.4, 0.5) is 4.79 Å². The van der Waals surface area contributed by atoms with E-state index in [2.05, 4.69) is 5.32 Å².